The van der Waals surface area contributed by atoms with Gasteiger partial charge in [0.1, 0.15) is 0 Å². The number of piperidine rings is 1. The van der Waals surface area contributed by atoms with Crippen LogP contribution >= 0.6 is 0 Å². The Hall–Kier alpha value is -2.21. The maximum atomic E-state index is 12.4. The molecule has 0 bridgehead atoms. The zero-order chi connectivity index (χ0) is 19.7. The van der Waals surface area contributed by atoms with E-state index in [1.54, 1.807) is 0 Å². The number of imide groups is 1. The highest BCUT2D eigenvalue weighted by atomic mass is 32.3. The predicted molar refractivity (Wildman–Crippen MR) is 98.3 cm³/mol. The molecule has 0 aromatic heterocycles. The Balaban J connectivity index is 0.000000376. The fourth-order valence-corrected chi connectivity index (χ4v) is 3.73. The fourth-order valence-electron chi connectivity index (χ4n) is 3.73. The molecule has 0 saturated carbocycles. The highest BCUT2D eigenvalue weighted by molar-refractivity contribution is 7.79. The Morgan fingerprint density at radius 3 is 2.41 bits per heavy atom. The smallest absolute Gasteiger partial charge is 0.383 e. The average molecular weight is 398 g/mol. The van der Waals surface area contributed by atoms with Crippen LogP contribution in [0.3, 0.4) is 0 Å². The van der Waals surface area contributed by atoms with Crippen molar-refractivity contribution in [3.05, 3.63) is 23.8 Å². The summed E-state index contributed by atoms with van der Waals surface area (Å²) in [5.41, 5.74) is 2.67. The molecular formula is C16H22N4O6S. The molecular weight excluding hydrogens is 376 g/mol. The number of hydrogen-bond acceptors (Lipinski definition) is 7. The monoisotopic (exact) mass is 398 g/mol. The summed E-state index contributed by atoms with van der Waals surface area (Å²) in [6.45, 7) is 4.57. The molecule has 4 rings (SSSR count). The standard InChI is InChI=1S/C16H20N4O2.H2O4S/c21-14-3-4-16(15(22)19-14)10-18-13-9-11(1-2-12(13)16)20-7-5-17-6-8-20;1-5(2,3)4/h1-2,9,17-18H,3-8,10H2,(H,19,21,22);(H2,1,2,3,4). The third-order valence-corrected chi connectivity index (χ3v) is 5.05. The molecule has 3 heterocycles. The topological polar surface area (TPSA) is 148 Å². The molecule has 0 radical (unpaired) electrons. The van der Waals surface area contributed by atoms with Crippen molar-refractivity contribution in [2.75, 3.05) is 42.9 Å². The summed E-state index contributed by atoms with van der Waals surface area (Å²) in [6.07, 6.45) is 0.997. The molecule has 1 spiro atoms. The number of hydrogen-bond donors (Lipinski definition) is 5. The van der Waals surface area contributed by atoms with E-state index in [1.807, 2.05) is 0 Å². The van der Waals surface area contributed by atoms with Crippen molar-refractivity contribution in [2.45, 2.75) is 18.3 Å². The lowest BCUT2D eigenvalue weighted by Gasteiger charge is -2.32. The lowest BCUT2D eigenvalue weighted by atomic mass is 9.75. The number of rotatable bonds is 1. The second-order valence-corrected chi connectivity index (χ2v) is 7.62. The van der Waals surface area contributed by atoms with E-state index in [-0.39, 0.29) is 11.8 Å². The van der Waals surface area contributed by atoms with Crippen LogP contribution in [0.4, 0.5) is 11.4 Å². The lowest BCUT2D eigenvalue weighted by Crippen LogP contribution is -2.52. The molecule has 0 aliphatic carbocycles. The summed E-state index contributed by atoms with van der Waals surface area (Å²) in [7, 11) is -4.67. The van der Waals surface area contributed by atoms with Crippen LogP contribution < -0.4 is 20.9 Å². The summed E-state index contributed by atoms with van der Waals surface area (Å²) in [4.78, 5) is 26.2. The maximum absolute atomic E-state index is 12.4. The van der Waals surface area contributed by atoms with Crippen molar-refractivity contribution in [2.24, 2.45) is 0 Å². The van der Waals surface area contributed by atoms with E-state index >= 15 is 0 Å². The van der Waals surface area contributed by atoms with Gasteiger partial charge in [0.15, 0.2) is 0 Å². The van der Waals surface area contributed by atoms with Crippen molar-refractivity contribution < 1.29 is 27.1 Å². The molecule has 1 atom stereocenters. The lowest BCUT2D eigenvalue weighted by molar-refractivity contribution is -0.137. The van der Waals surface area contributed by atoms with Gasteiger partial charge in [-0.1, -0.05) is 6.07 Å². The first-order valence-electron chi connectivity index (χ1n) is 8.57. The van der Waals surface area contributed by atoms with Crippen molar-refractivity contribution in [3.8, 4) is 0 Å². The van der Waals surface area contributed by atoms with Gasteiger partial charge in [0.05, 0.1) is 5.41 Å². The predicted octanol–water partition coefficient (Wildman–Crippen LogP) is -0.457. The zero-order valence-electron chi connectivity index (χ0n) is 14.6. The number of nitrogens with zero attached hydrogens (tertiary/aromatic N) is 1. The first-order valence-corrected chi connectivity index (χ1v) is 9.97. The average Bonchev–Trinajstić information content (AvgIpc) is 2.97. The molecule has 3 aliphatic rings. The largest absolute Gasteiger partial charge is 0.394 e. The first-order chi connectivity index (χ1) is 12.7. The van der Waals surface area contributed by atoms with Crippen LogP contribution in [0, 0.1) is 0 Å². The number of carbonyl (C=O) groups is 2. The van der Waals surface area contributed by atoms with E-state index in [1.165, 1.54) is 5.69 Å². The number of fused-ring (bicyclic) bond motifs is 2. The zero-order valence-corrected chi connectivity index (χ0v) is 15.4. The molecule has 148 valence electrons. The third-order valence-electron chi connectivity index (χ3n) is 5.05. The molecule has 2 fully saturated rings. The van der Waals surface area contributed by atoms with Crippen LogP contribution in [0.25, 0.3) is 0 Å². The third kappa shape index (κ3) is 4.38. The number of carbonyl (C=O) groups excluding carboxylic acids is 2. The molecule has 2 amide bonds. The van der Waals surface area contributed by atoms with Gasteiger partial charge in [0.25, 0.3) is 0 Å². The van der Waals surface area contributed by atoms with Crippen LogP contribution in [0.2, 0.25) is 0 Å². The summed E-state index contributed by atoms with van der Waals surface area (Å²) in [5.74, 6) is -0.327. The van der Waals surface area contributed by atoms with Gasteiger partial charge in [0, 0.05) is 50.5 Å². The van der Waals surface area contributed by atoms with Crippen LogP contribution in [0.5, 0.6) is 0 Å². The van der Waals surface area contributed by atoms with Crippen LogP contribution in [0.1, 0.15) is 18.4 Å². The summed E-state index contributed by atoms with van der Waals surface area (Å²) in [6, 6.07) is 6.30. The van der Waals surface area contributed by atoms with Crippen LogP contribution in [0.15, 0.2) is 18.2 Å². The van der Waals surface area contributed by atoms with Gasteiger partial charge in [-0.25, -0.2) is 0 Å². The minimum absolute atomic E-state index is 0.162. The normalized spacial score (nSPS) is 24.6. The van der Waals surface area contributed by atoms with Gasteiger partial charge in [-0.05, 0) is 24.1 Å². The van der Waals surface area contributed by atoms with Crippen molar-refractivity contribution in [1.82, 2.24) is 10.6 Å². The Labute approximate surface area is 156 Å². The Kier molecular flexibility index (Phi) is 5.38. The summed E-state index contributed by atoms with van der Waals surface area (Å²) in [5, 5.41) is 9.22. The molecule has 1 aromatic carbocycles. The molecule has 11 heteroatoms. The van der Waals surface area contributed by atoms with Crippen LogP contribution in [-0.4, -0.2) is 62.1 Å². The number of benzene rings is 1. The number of anilines is 2. The quantitative estimate of drug-likeness (QED) is 0.313. The van der Waals surface area contributed by atoms with E-state index in [0.717, 1.165) is 37.4 Å². The Morgan fingerprint density at radius 1 is 1.11 bits per heavy atom. The fraction of sp³-hybridized carbons (Fsp3) is 0.500. The van der Waals surface area contributed by atoms with Gasteiger partial charge in [-0.15, -0.1) is 0 Å². The minimum atomic E-state index is -4.67. The highest BCUT2D eigenvalue weighted by Crippen LogP contribution is 2.43. The van der Waals surface area contributed by atoms with Gasteiger partial charge in [-0.2, -0.15) is 8.42 Å². The van der Waals surface area contributed by atoms with E-state index in [4.69, 9.17) is 17.5 Å². The summed E-state index contributed by atoms with van der Waals surface area (Å²) >= 11 is 0. The SMILES string of the molecule is O=C1CCC2(CNc3cc(N4CCNCC4)ccc32)C(=O)N1.O=S(=O)(O)O. The van der Waals surface area contributed by atoms with E-state index in [9.17, 15) is 9.59 Å². The highest BCUT2D eigenvalue weighted by Gasteiger charge is 2.48. The van der Waals surface area contributed by atoms with Gasteiger partial charge < -0.3 is 15.5 Å². The number of piperazine rings is 1. The molecule has 1 aromatic rings. The molecule has 3 aliphatic heterocycles. The Bertz CT molecular complexity index is 844. The molecule has 27 heavy (non-hydrogen) atoms. The minimum Gasteiger partial charge on any atom is -0.383 e. The van der Waals surface area contributed by atoms with E-state index in [2.05, 4.69) is 39.0 Å². The summed E-state index contributed by atoms with van der Waals surface area (Å²) < 4.78 is 31.6. The Morgan fingerprint density at radius 2 is 1.78 bits per heavy atom. The van der Waals surface area contributed by atoms with Crippen molar-refractivity contribution >= 4 is 33.6 Å². The second-order valence-electron chi connectivity index (χ2n) is 6.73. The molecule has 5 N–H and O–H groups in total. The van der Waals surface area contributed by atoms with Gasteiger partial charge in [-0.3, -0.25) is 24.0 Å². The van der Waals surface area contributed by atoms with E-state index in [0.29, 0.717) is 19.4 Å². The van der Waals surface area contributed by atoms with Crippen molar-refractivity contribution in [1.29, 1.82) is 0 Å². The molecule has 2 saturated heterocycles. The maximum Gasteiger partial charge on any atom is 0.394 e. The van der Waals surface area contributed by atoms with E-state index < -0.39 is 15.8 Å². The molecule has 10 nitrogen and oxygen atoms in total. The van der Waals surface area contributed by atoms with Crippen molar-refractivity contribution in [3.63, 3.8) is 0 Å². The number of nitrogens with one attached hydrogen (secondary N) is 3. The molecule has 1 unspecified atom stereocenters. The second kappa shape index (κ2) is 7.43. The number of amides is 2. The first kappa shape index (κ1) is 19.5. The van der Waals surface area contributed by atoms with Gasteiger partial charge >= 0.3 is 10.4 Å². The van der Waals surface area contributed by atoms with Crippen LogP contribution in [-0.2, 0) is 25.4 Å². The van der Waals surface area contributed by atoms with Gasteiger partial charge in [0.2, 0.25) is 11.8 Å².